The summed E-state index contributed by atoms with van der Waals surface area (Å²) in [6.45, 7) is 12.0. The van der Waals surface area contributed by atoms with Gasteiger partial charge < -0.3 is 0 Å². The zero-order valence-corrected chi connectivity index (χ0v) is 23.1. The molecular formula is C18H29BiI2N4. The second-order valence-corrected chi connectivity index (χ2v) is 44.0. The minimum atomic E-state index is -1.58. The van der Waals surface area contributed by atoms with Gasteiger partial charge >= 0.3 is 181 Å². The van der Waals surface area contributed by atoms with Crippen LogP contribution in [0.25, 0.3) is 0 Å². The Bertz CT molecular complexity index is 514. The van der Waals surface area contributed by atoms with Crippen molar-refractivity contribution in [1.82, 2.24) is 19.6 Å². The van der Waals surface area contributed by atoms with Crippen LogP contribution in [-0.2, 0) is 13.1 Å². The normalized spacial score (nSPS) is 22.0. The molecule has 1 aromatic carbocycles. The van der Waals surface area contributed by atoms with Crippen molar-refractivity contribution in [3.63, 3.8) is 0 Å². The molecule has 2 aliphatic heterocycles. The second kappa shape index (κ2) is 10.3. The van der Waals surface area contributed by atoms with Gasteiger partial charge in [-0.1, -0.05) is 0 Å². The Morgan fingerprint density at radius 3 is 1.52 bits per heavy atom. The number of piperazine rings is 2. The predicted molar refractivity (Wildman–Crippen MR) is 125 cm³/mol. The van der Waals surface area contributed by atoms with Gasteiger partial charge in [0.05, 0.1) is 0 Å². The maximum atomic E-state index is 2.79. The fraction of sp³-hybridized carbons (Fsp3) is 0.667. The first-order chi connectivity index (χ1) is 12.0. The molecule has 0 radical (unpaired) electrons. The second-order valence-electron chi connectivity index (χ2n) is 7.32. The number of rotatable bonds is 5. The van der Waals surface area contributed by atoms with Crippen LogP contribution in [0.5, 0.6) is 0 Å². The summed E-state index contributed by atoms with van der Waals surface area (Å²) < 4.78 is 1.77. The van der Waals surface area contributed by atoms with Crippen molar-refractivity contribution in [2.75, 3.05) is 66.5 Å². The molecule has 0 atom stereocenters. The molecule has 4 nitrogen and oxygen atoms in total. The van der Waals surface area contributed by atoms with Crippen LogP contribution in [0, 0.1) is 0 Å². The summed E-state index contributed by atoms with van der Waals surface area (Å²) in [6, 6.07) is 7.11. The van der Waals surface area contributed by atoms with Gasteiger partial charge in [0.1, 0.15) is 0 Å². The number of likely N-dealkylation sites (N-methyl/N-ethyl adjacent to an activating group) is 2. The molecule has 140 valence electrons. The first-order valence-corrected chi connectivity index (χ1v) is 30.4. The van der Waals surface area contributed by atoms with Crippen molar-refractivity contribution >= 4 is 52.7 Å². The Labute approximate surface area is 179 Å². The van der Waals surface area contributed by atoms with E-state index in [4.69, 9.17) is 0 Å². The van der Waals surface area contributed by atoms with Crippen LogP contribution in [-0.4, -0.2) is 99.4 Å². The van der Waals surface area contributed by atoms with Crippen molar-refractivity contribution in [2.24, 2.45) is 0 Å². The quantitative estimate of drug-likeness (QED) is 0.335. The van der Waals surface area contributed by atoms with Crippen molar-refractivity contribution in [3.05, 3.63) is 29.3 Å². The van der Waals surface area contributed by atoms with E-state index in [-0.39, 0.29) is 0 Å². The van der Waals surface area contributed by atoms with Gasteiger partial charge in [-0.2, -0.15) is 0 Å². The fourth-order valence-electron chi connectivity index (χ4n) is 3.61. The Balaban J connectivity index is 1.72. The molecule has 0 aliphatic carbocycles. The number of hydrogen-bond donors (Lipinski definition) is 0. The molecule has 0 spiro atoms. The number of hydrogen-bond acceptors (Lipinski definition) is 4. The minimum absolute atomic E-state index is 1.15. The van der Waals surface area contributed by atoms with Crippen LogP contribution in [0.4, 0.5) is 0 Å². The van der Waals surface area contributed by atoms with Gasteiger partial charge in [-0.15, -0.1) is 0 Å². The molecule has 0 unspecified atom stereocenters. The van der Waals surface area contributed by atoms with Gasteiger partial charge in [0, 0.05) is 0 Å². The van der Waals surface area contributed by atoms with E-state index in [0.29, 0.717) is 0 Å². The van der Waals surface area contributed by atoms with Crippen molar-refractivity contribution < 1.29 is 0 Å². The molecule has 1 aromatic rings. The Kier molecular flexibility index (Phi) is 8.67. The molecule has 3 rings (SSSR count). The van der Waals surface area contributed by atoms with Gasteiger partial charge in [-0.25, -0.2) is 0 Å². The van der Waals surface area contributed by atoms with Crippen molar-refractivity contribution in [3.8, 4) is 0 Å². The van der Waals surface area contributed by atoms with E-state index in [1.807, 2.05) is 0 Å². The average molecular weight is 764 g/mol. The molecule has 7 heteroatoms. The first kappa shape index (κ1) is 21.1. The van der Waals surface area contributed by atoms with Crippen LogP contribution < -0.4 is 3.27 Å². The van der Waals surface area contributed by atoms with Gasteiger partial charge in [0.15, 0.2) is 0 Å². The Hall–Kier alpha value is 1.40. The molecule has 2 saturated heterocycles. The van der Waals surface area contributed by atoms with E-state index in [0.717, 1.165) is 13.1 Å². The third kappa shape index (κ3) is 6.19. The van der Waals surface area contributed by atoms with Crippen LogP contribution in [0.1, 0.15) is 11.1 Å². The summed E-state index contributed by atoms with van der Waals surface area (Å²) in [6.07, 6.45) is 0. The zero-order chi connectivity index (χ0) is 17.8. The molecule has 0 N–H and O–H groups in total. The molecule has 0 saturated carbocycles. The van der Waals surface area contributed by atoms with Crippen LogP contribution in [0.15, 0.2) is 18.2 Å². The molecular weight excluding hydrogens is 735 g/mol. The molecule has 2 fully saturated rings. The molecule has 2 aliphatic rings. The standard InChI is InChI=1S/C18H29N4.Bi.2HI/c1-19-6-10-21(11-7-19)15-17-4-3-5-18(14-17)16-22-12-8-20(2)9-13-22;;;/h3-5H,6-13,15-16H2,1-2H3;;2*1H/q;+2;;/p-2. The summed E-state index contributed by atoms with van der Waals surface area (Å²) in [5.41, 5.74) is 3.25. The van der Waals surface area contributed by atoms with Gasteiger partial charge in [0.2, 0.25) is 0 Å². The SMILES string of the molecule is CN1CCN(Cc2cccc(CN3CCN(C)CC3)[c]2[Bi]([I])[I])CC1. The van der Waals surface area contributed by atoms with E-state index < -0.39 is 13.4 Å². The third-order valence-electron chi connectivity index (χ3n) is 5.35. The van der Waals surface area contributed by atoms with E-state index in [9.17, 15) is 0 Å². The Morgan fingerprint density at radius 1 is 0.760 bits per heavy atom. The van der Waals surface area contributed by atoms with Crippen molar-refractivity contribution in [1.29, 1.82) is 0 Å². The molecule has 0 bridgehead atoms. The topological polar surface area (TPSA) is 13.0 Å². The molecule has 2 heterocycles. The maximum absolute atomic E-state index is 2.79. The van der Waals surface area contributed by atoms with E-state index in [1.54, 1.807) is 14.4 Å². The summed E-state index contributed by atoms with van der Waals surface area (Å²) >= 11 is 4.00. The Morgan fingerprint density at radius 2 is 1.16 bits per heavy atom. The van der Waals surface area contributed by atoms with Crippen molar-refractivity contribution in [2.45, 2.75) is 13.1 Å². The van der Waals surface area contributed by atoms with E-state index in [1.165, 1.54) is 52.4 Å². The average Bonchev–Trinajstić information content (AvgIpc) is 2.59. The predicted octanol–water partition coefficient (Wildman–Crippen LogP) is 1.75. The molecule has 0 aromatic heterocycles. The molecule has 25 heavy (non-hydrogen) atoms. The fourth-order valence-corrected chi connectivity index (χ4v) is 17.3. The first-order valence-electron chi connectivity index (χ1n) is 9.07. The summed E-state index contributed by atoms with van der Waals surface area (Å²) in [4.78, 5) is 10.2. The van der Waals surface area contributed by atoms with E-state index in [2.05, 4.69) is 88.0 Å². The van der Waals surface area contributed by atoms with Crippen LogP contribution in [0.3, 0.4) is 0 Å². The zero-order valence-electron chi connectivity index (χ0n) is 15.3. The van der Waals surface area contributed by atoms with E-state index >= 15 is 0 Å². The number of halogens is 2. The van der Waals surface area contributed by atoms with Crippen LogP contribution in [0.2, 0.25) is 0 Å². The van der Waals surface area contributed by atoms with Crippen LogP contribution >= 0.6 is 36.1 Å². The molecule has 0 amide bonds. The van der Waals surface area contributed by atoms with Gasteiger partial charge in [-0.3, -0.25) is 0 Å². The number of benzene rings is 1. The third-order valence-corrected chi connectivity index (χ3v) is 17.4. The summed E-state index contributed by atoms with van der Waals surface area (Å²) in [5.74, 6) is 0. The number of nitrogens with zero attached hydrogens (tertiary/aromatic N) is 4. The monoisotopic (exact) mass is 764 g/mol. The van der Waals surface area contributed by atoms with Gasteiger partial charge in [-0.05, 0) is 0 Å². The summed E-state index contributed by atoms with van der Waals surface area (Å²) in [7, 11) is 4.47. The summed E-state index contributed by atoms with van der Waals surface area (Å²) in [5, 5.41) is 0. The van der Waals surface area contributed by atoms with Gasteiger partial charge in [0.25, 0.3) is 0 Å².